The Hall–Kier alpha value is -2.70. The quantitative estimate of drug-likeness (QED) is 0.724. The number of nitrogens with zero attached hydrogens (tertiary/aromatic N) is 2. The number of likely N-dealkylation sites (N-methyl/N-ethyl adjacent to an activating group) is 1. The number of benzene rings is 1. The van der Waals surface area contributed by atoms with E-state index in [1.807, 2.05) is 46.3 Å². The fourth-order valence-electron chi connectivity index (χ4n) is 3.71. The van der Waals surface area contributed by atoms with Crippen LogP contribution in [-0.2, 0) is 24.2 Å². The van der Waals surface area contributed by atoms with Crippen molar-refractivity contribution in [3.05, 3.63) is 69.3 Å². The number of fused-ring (bicyclic) bond motifs is 3. The molecule has 4 rings (SSSR count). The zero-order chi connectivity index (χ0) is 19.7. The van der Waals surface area contributed by atoms with Crippen LogP contribution in [0, 0.1) is 0 Å². The van der Waals surface area contributed by atoms with Crippen molar-refractivity contribution in [2.75, 3.05) is 20.2 Å². The molecule has 0 radical (unpaired) electrons. The van der Waals surface area contributed by atoms with Crippen molar-refractivity contribution < 1.29 is 9.90 Å². The number of aryl methyl sites for hydroxylation is 1. The number of carbonyl (C=O) groups excluding carboxylic acids is 1. The van der Waals surface area contributed by atoms with Crippen molar-refractivity contribution in [1.29, 1.82) is 0 Å². The molecule has 0 spiro atoms. The van der Waals surface area contributed by atoms with Crippen LogP contribution in [-0.4, -0.2) is 40.7 Å². The van der Waals surface area contributed by atoms with Crippen LogP contribution in [0.5, 0.6) is 0 Å². The highest BCUT2D eigenvalue weighted by Crippen LogP contribution is 2.37. The summed E-state index contributed by atoms with van der Waals surface area (Å²) in [5.41, 5.74) is 4.42. The number of carbonyl (C=O) groups is 1. The van der Waals surface area contributed by atoms with Crippen LogP contribution in [0.25, 0.3) is 21.7 Å². The SMILES string of the molecule is CN(CCO)C(=O)Cc1cc(-c2ccccc2)c(=O)n2c1-c1sccc1CC2. The molecule has 3 heterocycles. The van der Waals surface area contributed by atoms with Gasteiger partial charge in [0.05, 0.1) is 23.6 Å². The molecule has 1 N–H and O–H groups in total. The van der Waals surface area contributed by atoms with E-state index in [9.17, 15) is 9.59 Å². The van der Waals surface area contributed by atoms with E-state index < -0.39 is 0 Å². The average Bonchev–Trinajstić information content (AvgIpc) is 3.19. The summed E-state index contributed by atoms with van der Waals surface area (Å²) < 4.78 is 1.83. The predicted octanol–water partition coefficient (Wildman–Crippen LogP) is 2.79. The number of aromatic nitrogens is 1. The molecule has 144 valence electrons. The Balaban J connectivity index is 1.88. The molecule has 0 saturated heterocycles. The molecule has 0 saturated carbocycles. The average molecular weight is 394 g/mol. The Morgan fingerprint density at radius 3 is 2.79 bits per heavy atom. The third-order valence-electron chi connectivity index (χ3n) is 5.22. The smallest absolute Gasteiger partial charge is 0.258 e. The number of amides is 1. The summed E-state index contributed by atoms with van der Waals surface area (Å²) in [7, 11) is 1.69. The lowest BCUT2D eigenvalue weighted by Crippen LogP contribution is -2.33. The Morgan fingerprint density at radius 2 is 2.04 bits per heavy atom. The maximum atomic E-state index is 13.3. The second kappa shape index (κ2) is 7.73. The molecule has 0 aliphatic carbocycles. The van der Waals surface area contributed by atoms with E-state index in [1.165, 1.54) is 10.5 Å². The summed E-state index contributed by atoms with van der Waals surface area (Å²) >= 11 is 1.61. The van der Waals surface area contributed by atoms with E-state index in [0.717, 1.165) is 28.1 Å². The minimum Gasteiger partial charge on any atom is -0.395 e. The molecule has 1 amide bonds. The first-order valence-electron chi connectivity index (χ1n) is 9.34. The lowest BCUT2D eigenvalue weighted by Gasteiger charge is -2.24. The fourth-order valence-corrected chi connectivity index (χ4v) is 4.75. The molecule has 0 atom stereocenters. The van der Waals surface area contributed by atoms with Crippen molar-refractivity contribution in [1.82, 2.24) is 9.47 Å². The second-order valence-electron chi connectivity index (χ2n) is 7.00. The minimum atomic E-state index is -0.0711. The van der Waals surface area contributed by atoms with Crippen LogP contribution in [0.2, 0.25) is 0 Å². The number of pyridine rings is 1. The summed E-state index contributed by atoms with van der Waals surface area (Å²) in [4.78, 5) is 28.6. The van der Waals surface area contributed by atoms with E-state index >= 15 is 0 Å². The number of rotatable bonds is 5. The van der Waals surface area contributed by atoms with E-state index in [-0.39, 0.29) is 24.5 Å². The van der Waals surface area contributed by atoms with Crippen LogP contribution in [0.3, 0.4) is 0 Å². The van der Waals surface area contributed by atoms with E-state index in [1.54, 1.807) is 18.4 Å². The third kappa shape index (κ3) is 3.30. The van der Waals surface area contributed by atoms with Gasteiger partial charge in [-0.2, -0.15) is 0 Å². The molecule has 6 heteroatoms. The number of hydrogen-bond acceptors (Lipinski definition) is 4. The highest BCUT2D eigenvalue weighted by molar-refractivity contribution is 7.13. The topological polar surface area (TPSA) is 62.5 Å². The summed E-state index contributed by atoms with van der Waals surface area (Å²) in [6, 6.07) is 13.6. The zero-order valence-electron chi connectivity index (χ0n) is 15.7. The maximum Gasteiger partial charge on any atom is 0.258 e. The number of thiophene rings is 1. The summed E-state index contributed by atoms with van der Waals surface area (Å²) in [6.07, 6.45) is 1.02. The van der Waals surface area contributed by atoms with Crippen LogP contribution >= 0.6 is 11.3 Å². The van der Waals surface area contributed by atoms with Gasteiger partial charge in [-0.05, 0) is 40.6 Å². The van der Waals surface area contributed by atoms with Gasteiger partial charge in [0.2, 0.25) is 5.91 Å². The number of hydrogen-bond donors (Lipinski definition) is 1. The standard InChI is InChI=1S/C22H22N2O3S/c1-23(10-11-25)19(26)14-17-13-18(15-5-3-2-4-6-15)22(27)24-9-7-16-8-12-28-21(16)20(17)24/h2-6,8,12-13,25H,7,9-11,14H2,1H3. The van der Waals surface area contributed by atoms with Crippen LogP contribution in [0.4, 0.5) is 0 Å². The zero-order valence-corrected chi connectivity index (χ0v) is 16.5. The van der Waals surface area contributed by atoms with Gasteiger partial charge in [-0.15, -0.1) is 11.3 Å². The van der Waals surface area contributed by atoms with Crippen molar-refractivity contribution in [3.8, 4) is 21.7 Å². The molecular formula is C22H22N2O3S. The van der Waals surface area contributed by atoms with Gasteiger partial charge in [0.15, 0.2) is 0 Å². The maximum absolute atomic E-state index is 13.3. The van der Waals surface area contributed by atoms with Crippen LogP contribution < -0.4 is 5.56 Å². The molecule has 0 fully saturated rings. The van der Waals surface area contributed by atoms with Crippen molar-refractivity contribution in [2.24, 2.45) is 0 Å². The highest BCUT2D eigenvalue weighted by Gasteiger charge is 2.25. The normalized spacial score (nSPS) is 12.4. The number of aliphatic hydroxyl groups is 1. The molecular weight excluding hydrogens is 372 g/mol. The van der Waals surface area contributed by atoms with E-state index in [0.29, 0.717) is 18.7 Å². The van der Waals surface area contributed by atoms with Gasteiger partial charge in [-0.1, -0.05) is 30.3 Å². The molecule has 0 unspecified atom stereocenters. The predicted molar refractivity (Wildman–Crippen MR) is 112 cm³/mol. The Bertz CT molecular complexity index is 1070. The Kier molecular flexibility index (Phi) is 5.15. The molecule has 1 aromatic carbocycles. The lowest BCUT2D eigenvalue weighted by molar-refractivity contribution is -0.129. The Labute approximate surface area is 167 Å². The molecule has 5 nitrogen and oxygen atoms in total. The largest absolute Gasteiger partial charge is 0.395 e. The first-order valence-corrected chi connectivity index (χ1v) is 10.2. The van der Waals surface area contributed by atoms with Gasteiger partial charge in [-0.3, -0.25) is 9.59 Å². The molecule has 0 bridgehead atoms. The van der Waals surface area contributed by atoms with Crippen molar-refractivity contribution in [3.63, 3.8) is 0 Å². The van der Waals surface area contributed by atoms with Gasteiger partial charge in [0.25, 0.3) is 5.56 Å². The first-order chi connectivity index (χ1) is 13.6. The first kappa shape index (κ1) is 18.7. The molecule has 28 heavy (non-hydrogen) atoms. The molecule has 3 aromatic rings. The fraction of sp³-hybridized carbons (Fsp3) is 0.273. The molecule has 1 aliphatic rings. The van der Waals surface area contributed by atoms with Gasteiger partial charge in [-0.25, -0.2) is 0 Å². The van der Waals surface area contributed by atoms with Gasteiger partial charge >= 0.3 is 0 Å². The summed E-state index contributed by atoms with van der Waals surface area (Å²) in [5.74, 6) is -0.0711. The minimum absolute atomic E-state index is 0.0137. The molecule has 1 aliphatic heterocycles. The summed E-state index contributed by atoms with van der Waals surface area (Å²) in [5, 5.41) is 11.2. The van der Waals surface area contributed by atoms with Crippen molar-refractivity contribution in [2.45, 2.75) is 19.4 Å². The van der Waals surface area contributed by atoms with E-state index in [4.69, 9.17) is 5.11 Å². The van der Waals surface area contributed by atoms with Crippen LogP contribution in [0.1, 0.15) is 11.1 Å². The van der Waals surface area contributed by atoms with Gasteiger partial charge in [0.1, 0.15) is 0 Å². The number of aliphatic hydroxyl groups excluding tert-OH is 1. The Morgan fingerprint density at radius 1 is 1.25 bits per heavy atom. The lowest BCUT2D eigenvalue weighted by atomic mass is 9.96. The van der Waals surface area contributed by atoms with E-state index in [2.05, 4.69) is 6.07 Å². The van der Waals surface area contributed by atoms with Gasteiger partial charge < -0.3 is 14.6 Å². The van der Waals surface area contributed by atoms with Gasteiger partial charge in [0, 0.05) is 25.7 Å². The van der Waals surface area contributed by atoms with Crippen molar-refractivity contribution >= 4 is 17.2 Å². The monoisotopic (exact) mass is 394 g/mol. The summed E-state index contributed by atoms with van der Waals surface area (Å²) in [6.45, 7) is 0.842. The molecule has 2 aromatic heterocycles. The van der Waals surface area contributed by atoms with Crippen LogP contribution in [0.15, 0.2) is 52.6 Å². The second-order valence-corrected chi connectivity index (χ2v) is 7.91. The highest BCUT2D eigenvalue weighted by atomic mass is 32.1. The third-order valence-corrected chi connectivity index (χ3v) is 6.19.